The van der Waals surface area contributed by atoms with E-state index in [1.165, 1.54) is 131 Å². The van der Waals surface area contributed by atoms with E-state index in [-0.39, 0.29) is 23.0 Å². The van der Waals surface area contributed by atoms with E-state index in [1.54, 1.807) is 0 Å². The van der Waals surface area contributed by atoms with Gasteiger partial charge in [0.05, 0.1) is 27.8 Å². The van der Waals surface area contributed by atoms with Crippen LogP contribution in [-0.2, 0) is 22.7 Å². The Labute approximate surface area is 486 Å². The molecular formula is C76H68BN3OS. The summed E-state index contributed by atoms with van der Waals surface area (Å²) in [6.07, 6.45) is 3.10. The maximum atomic E-state index is 7.58. The zero-order valence-corrected chi connectivity index (χ0v) is 49.6. The highest BCUT2D eigenvalue weighted by Crippen LogP contribution is 2.53. The molecule has 2 aliphatic rings. The summed E-state index contributed by atoms with van der Waals surface area (Å²) in [5, 5.41) is 7.71. The molecule has 0 aliphatic carbocycles. The van der Waals surface area contributed by atoms with Crippen LogP contribution in [0.25, 0.3) is 86.3 Å². The third-order valence-corrected chi connectivity index (χ3v) is 19.3. The zero-order chi connectivity index (χ0) is 56.1. The molecule has 3 aromatic heterocycles. The van der Waals surface area contributed by atoms with Gasteiger partial charge >= 0.3 is 0 Å². The number of thiophene rings is 1. The van der Waals surface area contributed by atoms with Gasteiger partial charge in [0.1, 0.15) is 11.5 Å². The van der Waals surface area contributed by atoms with Crippen molar-refractivity contribution < 1.29 is 4.74 Å². The smallest absolute Gasteiger partial charge is 0.256 e. The minimum absolute atomic E-state index is 0.00367. The van der Waals surface area contributed by atoms with Gasteiger partial charge in [0, 0.05) is 76.1 Å². The fourth-order valence-electron chi connectivity index (χ4n) is 13.7. The van der Waals surface area contributed by atoms with Crippen molar-refractivity contribution >= 4 is 115 Å². The molecule has 15 rings (SSSR count). The summed E-state index contributed by atoms with van der Waals surface area (Å²) in [7, 11) is 0. The van der Waals surface area contributed by atoms with Gasteiger partial charge in [0.15, 0.2) is 0 Å². The number of ether oxygens (including phenoxy) is 1. The quantitative estimate of drug-likeness (QED) is 0.148. The molecule has 10 aromatic carbocycles. The predicted octanol–water partition coefficient (Wildman–Crippen LogP) is 19.6. The summed E-state index contributed by atoms with van der Waals surface area (Å²) in [6.45, 7) is 23.1. The Morgan fingerprint density at radius 3 is 1.63 bits per heavy atom. The summed E-state index contributed by atoms with van der Waals surface area (Å²) >= 11 is 1.95. The lowest BCUT2D eigenvalue weighted by atomic mass is 9.34. The van der Waals surface area contributed by atoms with E-state index in [4.69, 9.17) is 4.74 Å². The summed E-state index contributed by atoms with van der Waals surface area (Å²) in [4.78, 5) is 2.71. The van der Waals surface area contributed by atoms with Gasteiger partial charge in [-0.15, -0.1) is 11.3 Å². The van der Waals surface area contributed by atoms with Crippen LogP contribution in [0, 0.1) is 0 Å². The first-order valence-corrected chi connectivity index (χ1v) is 30.4. The fourth-order valence-corrected chi connectivity index (χ4v) is 15.0. The zero-order valence-electron chi connectivity index (χ0n) is 48.8. The van der Waals surface area contributed by atoms with Crippen molar-refractivity contribution in [2.24, 2.45) is 0 Å². The van der Waals surface area contributed by atoms with Crippen LogP contribution in [0.2, 0.25) is 0 Å². The second-order valence-corrected chi connectivity index (χ2v) is 27.4. The molecule has 0 amide bonds. The molecule has 0 saturated heterocycles. The first-order chi connectivity index (χ1) is 39.5. The number of benzene rings is 10. The third-order valence-electron chi connectivity index (χ3n) is 18.0. The first-order valence-electron chi connectivity index (χ1n) is 29.6. The van der Waals surface area contributed by atoms with Crippen molar-refractivity contribution in [3.05, 3.63) is 216 Å². The lowest BCUT2D eigenvalue weighted by Gasteiger charge is -2.42. The van der Waals surface area contributed by atoms with Gasteiger partial charge in [-0.25, -0.2) is 0 Å². The number of nitrogens with zero attached hydrogens (tertiary/aromatic N) is 3. The molecule has 0 radical (unpaired) electrons. The van der Waals surface area contributed by atoms with Crippen LogP contribution in [0.1, 0.15) is 104 Å². The SMILES string of the molecule is CCCCc1c(N2c3cc(-n4c5ccccc5c5cc(C(C)(C)C)ccc54)ccc3B3c4ccc(-n5c6ccccc6c6cc(C(C)(C)C)ccc65)cc4Oc4cc(C(C)(C)C)cc2c43)c(-c2ccccc2)cc2c1sc1ccccc12. The molecule has 6 heteroatoms. The Kier molecular flexibility index (Phi) is 11.3. The highest BCUT2D eigenvalue weighted by atomic mass is 32.1. The number of fused-ring (bicyclic) bond motifs is 13. The Morgan fingerprint density at radius 1 is 0.451 bits per heavy atom. The van der Waals surface area contributed by atoms with Gasteiger partial charge < -0.3 is 18.8 Å². The number of aromatic nitrogens is 2. The van der Waals surface area contributed by atoms with Crippen LogP contribution >= 0.6 is 11.3 Å². The molecule has 0 N–H and O–H groups in total. The molecule has 402 valence electrons. The molecule has 4 nitrogen and oxygen atoms in total. The van der Waals surface area contributed by atoms with E-state index in [0.29, 0.717) is 0 Å². The number of unbranched alkanes of at least 4 members (excludes halogenated alkanes) is 1. The van der Waals surface area contributed by atoms with Gasteiger partial charge in [-0.2, -0.15) is 0 Å². The van der Waals surface area contributed by atoms with Gasteiger partial charge in [0.25, 0.3) is 6.71 Å². The molecule has 0 spiro atoms. The summed E-state index contributed by atoms with van der Waals surface area (Å²) < 4.78 is 15.2. The van der Waals surface area contributed by atoms with Crippen molar-refractivity contribution in [1.82, 2.24) is 9.13 Å². The molecule has 0 bridgehead atoms. The fraction of sp³-hybridized carbons (Fsp3) is 0.211. The first kappa shape index (κ1) is 50.6. The van der Waals surface area contributed by atoms with Gasteiger partial charge in [-0.1, -0.05) is 185 Å². The monoisotopic (exact) mass is 1080 g/mol. The van der Waals surface area contributed by atoms with E-state index in [9.17, 15) is 0 Å². The Bertz CT molecular complexity index is 4780. The predicted molar refractivity (Wildman–Crippen MR) is 354 cm³/mol. The minimum atomic E-state index is -0.202. The number of anilines is 3. The van der Waals surface area contributed by atoms with Crippen LogP contribution < -0.4 is 26.0 Å². The Morgan fingerprint density at radius 2 is 1.01 bits per heavy atom. The second kappa shape index (κ2) is 18.3. The van der Waals surface area contributed by atoms with Gasteiger partial charge in [-0.05, 0) is 152 Å². The van der Waals surface area contributed by atoms with E-state index >= 15 is 0 Å². The van der Waals surface area contributed by atoms with Crippen molar-refractivity contribution in [3.8, 4) is 34.0 Å². The van der Waals surface area contributed by atoms with Crippen molar-refractivity contribution in [3.63, 3.8) is 0 Å². The summed E-state index contributed by atoms with van der Waals surface area (Å²) in [5.41, 5.74) is 21.8. The molecule has 5 heterocycles. The number of aryl methyl sites for hydroxylation is 1. The molecule has 2 aliphatic heterocycles. The average molecular weight is 1080 g/mol. The number of para-hydroxylation sites is 2. The topological polar surface area (TPSA) is 22.3 Å². The summed E-state index contributed by atoms with van der Waals surface area (Å²) in [5.74, 6) is 1.82. The van der Waals surface area contributed by atoms with Crippen LogP contribution in [0.5, 0.6) is 11.5 Å². The van der Waals surface area contributed by atoms with Crippen molar-refractivity contribution in [1.29, 1.82) is 0 Å². The van der Waals surface area contributed by atoms with E-state index in [0.717, 1.165) is 42.1 Å². The summed E-state index contributed by atoms with van der Waals surface area (Å²) in [6, 6.07) is 74.1. The Hall–Kier alpha value is -8.32. The molecule has 0 atom stereocenters. The average Bonchev–Trinajstić information content (AvgIpc) is 2.22. The van der Waals surface area contributed by atoms with E-state index < -0.39 is 0 Å². The standard InChI is InChI=1S/C76H68BN3OS/c1-11-12-24-55-72(56(46-22-14-13-15-23-46)45-59-54-27-18-21-30-70(54)82-73(55)59)80-66-43-50(78-62-28-19-16-25-52(62)57-39-47(74(2,3)4)31-37-64(57)78)33-35-60(66)77-61-36-34-51(44-68(61)81-69-42-49(76(8,9)10)41-67(80)71(69)77)79-63-29-20-17-26-53(63)58-40-48(75(5,6)7)32-38-65(58)79/h13-23,25-45H,11-12,24H2,1-10H3. The molecule has 13 aromatic rings. The maximum absolute atomic E-state index is 7.58. The Balaban J connectivity index is 1.04. The largest absolute Gasteiger partial charge is 0.458 e. The van der Waals surface area contributed by atoms with Crippen molar-refractivity contribution in [2.45, 2.75) is 105 Å². The lowest BCUT2D eigenvalue weighted by Crippen LogP contribution is -2.59. The van der Waals surface area contributed by atoms with E-state index in [1.807, 2.05) is 11.3 Å². The molecule has 0 fully saturated rings. The van der Waals surface area contributed by atoms with Crippen LogP contribution in [0.3, 0.4) is 0 Å². The minimum Gasteiger partial charge on any atom is -0.458 e. The van der Waals surface area contributed by atoms with Crippen LogP contribution in [0.4, 0.5) is 17.1 Å². The third kappa shape index (κ3) is 7.77. The van der Waals surface area contributed by atoms with Crippen molar-refractivity contribution in [2.75, 3.05) is 4.90 Å². The number of hydrogen-bond acceptors (Lipinski definition) is 3. The maximum Gasteiger partial charge on any atom is 0.256 e. The second-order valence-electron chi connectivity index (χ2n) is 26.4. The van der Waals surface area contributed by atoms with Gasteiger partial charge in [0.2, 0.25) is 0 Å². The van der Waals surface area contributed by atoms with Gasteiger partial charge in [-0.3, -0.25) is 0 Å². The lowest BCUT2D eigenvalue weighted by molar-refractivity contribution is 0.483. The molecule has 0 saturated carbocycles. The highest BCUT2D eigenvalue weighted by Gasteiger charge is 2.44. The van der Waals surface area contributed by atoms with E-state index in [2.05, 4.69) is 277 Å². The number of rotatable bonds is 7. The molecule has 82 heavy (non-hydrogen) atoms. The highest BCUT2D eigenvalue weighted by molar-refractivity contribution is 7.26. The van der Waals surface area contributed by atoms with Crippen LogP contribution in [0.15, 0.2) is 194 Å². The number of hydrogen-bond donors (Lipinski definition) is 0. The molecular weight excluding hydrogens is 1010 g/mol. The molecule has 0 unspecified atom stereocenters. The van der Waals surface area contributed by atoms with Crippen LogP contribution in [-0.4, -0.2) is 15.8 Å². The normalized spacial score (nSPS) is 13.4.